The van der Waals surface area contributed by atoms with E-state index in [-0.39, 0.29) is 6.03 Å². The Kier molecular flexibility index (Phi) is 4.17. The third-order valence-corrected chi connectivity index (χ3v) is 5.14. The van der Waals surface area contributed by atoms with E-state index in [2.05, 4.69) is 27.3 Å². The number of amides is 2. The van der Waals surface area contributed by atoms with Gasteiger partial charge in [-0.2, -0.15) is 0 Å². The van der Waals surface area contributed by atoms with Crippen molar-refractivity contribution >= 4 is 11.7 Å². The smallest absolute Gasteiger partial charge is 0.316 e. The summed E-state index contributed by atoms with van der Waals surface area (Å²) in [6.07, 6.45) is 1.11. The van der Waals surface area contributed by atoms with Gasteiger partial charge in [-0.15, -0.1) is 0 Å². The van der Waals surface area contributed by atoms with E-state index >= 15 is 0 Å². The largest absolute Gasteiger partial charge is 0.322 e. The molecule has 3 saturated heterocycles. The van der Waals surface area contributed by atoms with Crippen LogP contribution in [0, 0.1) is 13.8 Å². The Hall–Kier alpha value is -2.40. The maximum absolute atomic E-state index is 12.6. The van der Waals surface area contributed by atoms with Gasteiger partial charge in [-0.05, 0) is 44.5 Å². The molecule has 2 unspecified atom stereocenters. The number of urea groups is 1. The number of benzene rings is 1. The summed E-state index contributed by atoms with van der Waals surface area (Å²) in [4.78, 5) is 21.6. The summed E-state index contributed by atoms with van der Waals surface area (Å²) in [5.41, 5.74) is 4.22. The number of anilines is 1. The first-order chi connectivity index (χ1) is 12.1. The van der Waals surface area contributed by atoms with Crippen LogP contribution >= 0.6 is 0 Å². The third kappa shape index (κ3) is 3.37. The number of nitrogens with zero attached hydrogens (tertiary/aromatic N) is 3. The van der Waals surface area contributed by atoms with Crippen molar-refractivity contribution in [1.29, 1.82) is 0 Å². The van der Waals surface area contributed by atoms with Crippen LogP contribution in [0.3, 0.4) is 0 Å². The number of rotatable bonds is 3. The van der Waals surface area contributed by atoms with Crippen LogP contribution in [0.4, 0.5) is 10.5 Å². The quantitative estimate of drug-likeness (QED) is 0.936. The van der Waals surface area contributed by atoms with Crippen LogP contribution in [0.2, 0.25) is 0 Å². The van der Waals surface area contributed by atoms with Gasteiger partial charge in [-0.25, -0.2) is 4.79 Å². The van der Waals surface area contributed by atoms with Crippen molar-refractivity contribution in [1.82, 2.24) is 14.8 Å². The van der Waals surface area contributed by atoms with Crippen molar-refractivity contribution < 1.29 is 4.79 Å². The lowest BCUT2D eigenvalue weighted by Crippen LogP contribution is -2.70. The van der Waals surface area contributed by atoms with Gasteiger partial charge in [0.1, 0.15) is 0 Å². The van der Waals surface area contributed by atoms with Crippen molar-refractivity contribution in [3.05, 3.63) is 59.4 Å². The van der Waals surface area contributed by atoms with Crippen molar-refractivity contribution in [3.63, 3.8) is 0 Å². The summed E-state index contributed by atoms with van der Waals surface area (Å²) >= 11 is 0. The fourth-order valence-corrected chi connectivity index (χ4v) is 3.90. The summed E-state index contributed by atoms with van der Waals surface area (Å²) in [7, 11) is 0. The standard InChI is InChI=1S/C20H24N4O/c1-14-6-8-16(9-7-14)22-20(25)24-18-10-19(24)13-23(12-18)11-17-5-3-4-15(2)21-17/h3-9,18-19H,10-13H2,1-2H3,(H,22,25). The SMILES string of the molecule is Cc1ccc(NC(=O)N2C3CC2CN(Cc2cccc(C)n2)C3)cc1. The van der Waals surface area contributed by atoms with Gasteiger partial charge in [0.2, 0.25) is 0 Å². The second kappa shape index (κ2) is 6.48. The molecule has 3 aliphatic rings. The number of nitrogens with one attached hydrogen (secondary N) is 1. The molecule has 5 rings (SSSR count). The number of hydrogen-bond acceptors (Lipinski definition) is 3. The number of aryl methyl sites for hydroxylation is 2. The number of aromatic nitrogens is 1. The molecule has 130 valence electrons. The van der Waals surface area contributed by atoms with Gasteiger partial charge >= 0.3 is 6.03 Å². The van der Waals surface area contributed by atoms with Crippen molar-refractivity contribution in [2.45, 2.75) is 38.9 Å². The van der Waals surface area contributed by atoms with E-state index in [0.29, 0.717) is 12.1 Å². The molecule has 2 atom stereocenters. The first-order valence-corrected chi connectivity index (χ1v) is 8.89. The molecule has 4 heterocycles. The molecule has 1 aromatic heterocycles. The fraction of sp³-hybridized carbons (Fsp3) is 0.400. The molecular formula is C20H24N4O. The number of hydrogen-bond donors (Lipinski definition) is 1. The summed E-state index contributed by atoms with van der Waals surface area (Å²) in [6, 6.07) is 14.8. The van der Waals surface area contributed by atoms with E-state index in [0.717, 1.165) is 43.1 Å². The zero-order chi connectivity index (χ0) is 17.4. The number of carbonyl (C=O) groups is 1. The molecule has 3 aliphatic heterocycles. The fourth-order valence-electron chi connectivity index (χ4n) is 3.90. The normalized spacial score (nSPS) is 22.4. The highest BCUT2D eigenvalue weighted by Gasteiger charge is 2.47. The molecule has 5 heteroatoms. The van der Waals surface area contributed by atoms with E-state index in [9.17, 15) is 4.79 Å². The van der Waals surface area contributed by atoms with Crippen LogP contribution in [0.1, 0.15) is 23.4 Å². The highest BCUT2D eigenvalue weighted by molar-refractivity contribution is 5.90. The van der Waals surface area contributed by atoms with E-state index in [1.807, 2.05) is 49.1 Å². The molecule has 2 amide bonds. The van der Waals surface area contributed by atoms with Gasteiger partial charge in [-0.1, -0.05) is 23.8 Å². The first-order valence-electron chi connectivity index (χ1n) is 8.89. The average Bonchev–Trinajstić information content (AvgIpc) is 2.57. The molecular weight excluding hydrogens is 312 g/mol. The average molecular weight is 336 g/mol. The van der Waals surface area contributed by atoms with Crippen molar-refractivity contribution in [3.8, 4) is 0 Å². The number of piperidine rings is 1. The van der Waals surface area contributed by atoms with Gasteiger partial charge in [0.05, 0.1) is 5.69 Å². The molecule has 2 bridgehead atoms. The number of piperazine rings is 1. The molecule has 5 nitrogen and oxygen atoms in total. The Morgan fingerprint density at radius 1 is 1.12 bits per heavy atom. The maximum atomic E-state index is 12.6. The summed E-state index contributed by atoms with van der Waals surface area (Å²) in [5, 5.41) is 3.03. The highest BCUT2D eigenvalue weighted by atomic mass is 16.2. The Bertz CT molecular complexity index is 762. The van der Waals surface area contributed by atoms with Gasteiger partial charge in [0.25, 0.3) is 0 Å². The van der Waals surface area contributed by atoms with Crippen LogP contribution < -0.4 is 5.32 Å². The minimum Gasteiger partial charge on any atom is -0.316 e. The zero-order valence-corrected chi connectivity index (χ0v) is 14.8. The van der Waals surface area contributed by atoms with Crippen molar-refractivity contribution in [2.75, 3.05) is 18.4 Å². The van der Waals surface area contributed by atoms with E-state index in [1.54, 1.807) is 0 Å². The van der Waals surface area contributed by atoms with Crippen LogP contribution in [0.15, 0.2) is 42.5 Å². The first kappa shape index (κ1) is 16.1. The Labute approximate surface area is 148 Å². The van der Waals surface area contributed by atoms with Crippen molar-refractivity contribution in [2.24, 2.45) is 0 Å². The predicted molar refractivity (Wildman–Crippen MR) is 98.5 cm³/mol. The van der Waals surface area contributed by atoms with Gasteiger partial charge < -0.3 is 10.2 Å². The molecule has 0 radical (unpaired) electrons. The van der Waals surface area contributed by atoms with Crippen LogP contribution in [0.25, 0.3) is 0 Å². The number of pyridine rings is 1. The highest BCUT2D eigenvalue weighted by Crippen LogP contribution is 2.33. The molecule has 25 heavy (non-hydrogen) atoms. The lowest BCUT2D eigenvalue weighted by atomic mass is 9.87. The number of carbonyl (C=O) groups excluding carboxylic acids is 1. The third-order valence-electron chi connectivity index (χ3n) is 5.14. The molecule has 0 aliphatic carbocycles. The second-order valence-electron chi connectivity index (χ2n) is 7.21. The minimum absolute atomic E-state index is 0.0263. The zero-order valence-electron chi connectivity index (χ0n) is 14.8. The Morgan fingerprint density at radius 2 is 1.84 bits per heavy atom. The molecule has 1 N–H and O–H groups in total. The lowest BCUT2D eigenvalue weighted by molar-refractivity contribution is -0.0356. The molecule has 3 fully saturated rings. The predicted octanol–water partition coefficient (Wildman–Crippen LogP) is 3.19. The molecule has 1 aromatic carbocycles. The lowest BCUT2D eigenvalue weighted by Gasteiger charge is -2.56. The summed E-state index contributed by atoms with van der Waals surface area (Å²) < 4.78 is 0. The van der Waals surface area contributed by atoms with Gasteiger partial charge in [0.15, 0.2) is 0 Å². The van der Waals surface area contributed by atoms with Gasteiger partial charge in [-0.3, -0.25) is 9.88 Å². The minimum atomic E-state index is 0.0263. The topological polar surface area (TPSA) is 48.5 Å². The maximum Gasteiger partial charge on any atom is 0.322 e. The molecule has 0 spiro atoms. The Balaban J connectivity index is 1.35. The Morgan fingerprint density at radius 3 is 2.52 bits per heavy atom. The summed E-state index contributed by atoms with van der Waals surface area (Å²) in [5.74, 6) is 0. The van der Waals surface area contributed by atoms with Gasteiger partial charge in [0, 0.05) is 43.1 Å². The summed E-state index contributed by atoms with van der Waals surface area (Å²) in [6.45, 7) is 6.78. The van der Waals surface area contributed by atoms with E-state index in [4.69, 9.17) is 0 Å². The van der Waals surface area contributed by atoms with Crippen LogP contribution in [0.5, 0.6) is 0 Å². The van der Waals surface area contributed by atoms with E-state index < -0.39 is 0 Å². The molecule has 0 saturated carbocycles. The van der Waals surface area contributed by atoms with Crippen LogP contribution in [-0.2, 0) is 6.54 Å². The monoisotopic (exact) mass is 336 g/mol. The number of fused-ring (bicyclic) bond motifs is 2. The van der Waals surface area contributed by atoms with E-state index in [1.165, 1.54) is 5.56 Å². The van der Waals surface area contributed by atoms with Crippen LogP contribution in [-0.4, -0.2) is 46.0 Å². The second-order valence-corrected chi connectivity index (χ2v) is 7.21. The molecule has 2 aromatic rings.